The third-order valence-electron chi connectivity index (χ3n) is 5.15. The Morgan fingerprint density at radius 3 is 2.35 bits per heavy atom. The molecule has 0 spiro atoms. The first-order valence-corrected chi connectivity index (χ1v) is 11.5. The van der Waals surface area contributed by atoms with Gasteiger partial charge in [0.2, 0.25) is 5.95 Å². The van der Waals surface area contributed by atoms with Crippen LogP contribution in [-0.2, 0) is 20.3 Å². The quantitative estimate of drug-likeness (QED) is 0.623. The molecular formula is C22H24N4O4S. The molecule has 0 amide bonds. The van der Waals surface area contributed by atoms with Crippen LogP contribution in [0.4, 0.5) is 11.6 Å². The highest BCUT2D eigenvalue weighted by Gasteiger charge is 2.21. The minimum Gasteiger partial charge on any atom is -0.497 e. The zero-order valence-electron chi connectivity index (χ0n) is 17.2. The lowest BCUT2D eigenvalue weighted by Gasteiger charge is -2.29. The Morgan fingerprint density at radius 2 is 1.71 bits per heavy atom. The van der Waals surface area contributed by atoms with Gasteiger partial charge in [-0.15, -0.1) is 0 Å². The highest BCUT2D eigenvalue weighted by molar-refractivity contribution is 7.90. The summed E-state index contributed by atoms with van der Waals surface area (Å²) in [4.78, 5) is 10.5. The number of anilines is 2. The van der Waals surface area contributed by atoms with Crippen LogP contribution in [0.25, 0.3) is 11.1 Å². The first kappa shape index (κ1) is 21.1. The first-order chi connectivity index (χ1) is 14.9. The standard InChI is InChI=1S/C22H24N4O4S/c1-29-20-4-2-16(3-5-20)15-31(27,28)21-11-17(18-13-24-22(23)25-14-18)10-19(12-21)26-6-8-30-9-7-26/h2-5,10-14H,6-9,15H2,1H3,(H2,23,24,25). The molecule has 2 heterocycles. The molecule has 3 aromatic rings. The first-order valence-electron chi connectivity index (χ1n) is 9.86. The summed E-state index contributed by atoms with van der Waals surface area (Å²) < 4.78 is 37.2. The molecule has 4 rings (SSSR count). The molecule has 1 fully saturated rings. The summed E-state index contributed by atoms with van der Waals surface area (Å²) in [5.41, 5.74) is 8.54. The number of nitrogens with two attached hydrogens (primary N) is 1. The van der Waals surface area contributed by atoms with Crippen molar-refractivity contribution in [1.29, 1.82) is 0 Å². The predicted octanol–water partition coefficient (Wildman–Crippen LogP) is 2.54. The summed E-state index contributed by atoms with van der Waals surface area (Å²) >= 11 is 0. The minimum atomic E-state index is -3.60. The van der Waals surface area contributed by atoms with Crippen molar-refractivity contribution in [2.45, 2.75) is 10.6 Å². The van der Waals surface area contributed by atoms with Crippen LogP contribution in [0.1, 0.15) is 5.56 Å². The number of methoxy groups -OCH3 is 1. The maximum atomic E-state index is 13.3. The fourth-order valence-corrected chi connectivity index (χ4v) is 4.85. The minimum absolute atomic E-state index is 0.110. The average Bonchev–Trinajstić information content (AvgIpc) is 2.80. The number of morpholine rings is 1. The van der Waals surface area contributed by atoms with Crippen molar-refractivity contribution in [2.24, 2.45) is 0 Å². The molecule has 2 N–H and O–H groups in total. The Morgan fingerprint density at radius 1 is 1.03 bits per heavy atom. The van der Waals surface area contributed by atoms with E-state index in [4.69, 9.17) is 15.2 Å². The normalized spacial score (nSPS) is 14.4. The molecule has 9 heteroatoms. The van der Waals surface area contributed by atoms with Crippen LogP contribution >= 0.6 is 0 Å². The molecule has 1 saturated heterocycles. The van der Waals surface area contributed by atoms with Gasteiger partial charge in [0, 0.05) is 36.7 Å². The number of nitrogen functional groups attached to an aromatic ring is 1. The van der Waals surface area contributed by atoms with Crippen LogP contribution in [0.5, 0.6) is 5.75 Å². The van der Waals surface area contributed by atoms with E-state index in [1.807, 2.05) is 6.07 Å². The van der Waals surface area contributed by atoms with Crippen molar-refractivity contribution in [3.05, 3.63) is 60.4 Å². The van der Waals surface area contributed by atoms with Gasteiger partial charge in [0.1, 0.15) is 5.75 Å². The van der Waals surface area contributed by atoms with Gasteiger partial charge in [0.05, 0.1) is 31.0 Å². The molecular weight excluding hydrogens is 416 g/mol. The maximum Gasteiger partial charge on any atom is 0.219 e. The summed E-state index contributed by atoms with van der Waals surface area (Å²) in [6.07, 6.45) is 3.20. The van der Waals surface area contributed by atoms with E-state index in [0.29, 0.717) is 43.2 Å². The largest absolute Gasteiger partial charge is 0.497 e. The molecule has 2 aromatic carbocycles. The predicted molar refractivity (Wildman–Crippen MR) is 119 cm³/mol. The van der Waals surface area contributed by atoms with Crippen molar-refractivity contribution < 1.29 is 17.9 Å². The van der Waals surface area contributed by atoms with Gasteiger partial charge in [-0.05, 0) is 41.5 Å². The van der Waals surface area contributed by atoms with Crippen molar-refractivity contribution in [3.8, 4) is 16.9 Å². The Balaban J connectivity index is 1.73. The summed E-state index contributed by atoms with van der Waals surface area (Å²) in [6.45, 7) is 2.59. The van der Waals surface area contributed by atoms with E-state index in [1.165, 1.54) is 0 Å². The van der Waals surface area contributed by atoms with E-state index >= 15 is 0 Å². The molecule has 1 aromatic heterocycles. The number of benzene rings is 2. The fourth-order valence-electron chi connectivity index (χ4n) is 3.45. The van der Waals surface area contributed by atoms with Crippen molar-refractivity contribution in [3.63, 3.8) is 0 Å². The van der Waals surface area contributed by atoms with Gasteiger partial charge >= 0.3 is 0 Å². The van der Waals surface area contributed by atoms with Crippen LogP contribution in [0, 0.1) is 0 Å². The Kier molecular flexibility index (Phi) is 6.06. The van der Waals surface area contributed by atoms with Crippen molar-refractivity contribution in [2.75, 3.05) is 44.0 Å². The number of ether oxygens (including phenoxy) is 2. The Hall–Kier alpha value is -3.17. The Labute approximate surface area is 181 Å². The molecule has 31 heavy (non-hydrogen) atoms. The lowest BCUT2D eigenvalue weighted by molar-refractivity contribution is 0.122. The summed E-state index contributed by atoms with van der Waals surface area (Å²) in [6, 6.07) is 12.4. The maximum absolute atomic E-state index is 13.3. The van der Waals surface area contributed by atoms with E-state index in [-0.39, 0.29) is 16.6 Å². The lowest BCUT2D eigenvalue weighted by Crippen LogP contribution is -2.36. The van der Waals surface area contributed by atoms with Gasteiger partial charge in [-0.3, -0.25) is 0 Å². The van der Waals surface area contributed by atoms with Crippen LogP contribution in [-0.4, -0.2) is 51.8 Å². The zero-order valence-corrected chi connectivity index (χ0v) is 18.0. The number of rotatable bonds is 6. The van der Waals surface area contributed by atoms with E-state index in [9.17, 15) is 8.42 Å². The van der Waals surface area contributed by atoms with E-state index < -0.39 is 9.84 Å². The number of hydrogen-bond acceptors (Lipinski definition) is 8. The van der Waals surface area contributed by atoms with Crippen LogP contribution in [0.3, 0.4) is 0 Å². The number of aromatic nitrogens is 2. The lowest BCUT2D eigenvalue weighted by atomic mass is 10.1. The summed E-state index contributed by atoms with van der Waals surface area (Å²) in [5.74, 6) is 0.739. The monoisotopic (exact) mass is 440 g/mol. The van der Waals surface area contributed by atoms with Gasteiger partial charge < -0.3 is 20.1 Å². The van der Waals surface area contributed by atoms with Gasteiger partial charge in [-0.2, -0.15) is 0 Å². The molecule has 0 atom stereocenters. The molecule has 0 bridgehead atoms. The molecule has 1 aliphatic rings. The van der Waals surface area contributed by atoms with Crippen LogP contribution in [0.2, 0.25) is 0 Å². The third-order valence-corrected chi connectivity index (χ3v) is 6.81. The fraction of sp³-hybridized carbons (Fsp3) is 0.273. The molecule has 1 aliphatic heterocycles. The van der Waals surface area contributed by atoms with E-state index in [0.717, 1.165) is 11.3 Å². The molecule has 8 nitrogen and oxygen atoms in total. The van der Waals surface area contributed by atoms with Crippen LogP contribution < -0.4 is 15.4 Å². The highest BCUT2D eigenvalue weighted by Crippen LogP contribution is 2.31. The van der Waals surface area contributed by atoms with Gasteiger partial charge in [0.25, 0.3) is 0 Å². The molecule has 0 radical (unpaired) electrons. The number of nitrogens with zero attached hydrogens (tertiary/aromatic N) is 3. The van der Waals surface area contributed by atoms with Crippen molar-refractivity contribution >= 4 is 21.5 Å². The zero-order chi connectivity index (χ0) is 21.8. The van der Waals surface area contributed by atoms with Crippen molar-refractivity contribution in [1.82, 2.24) is 9.97 Å². The highest BCUT2D eigenvalue weighted by atomic mass is 32.2. The topological polar surface area (TPSA) is 108 Å². The second-order valence-corrected chi connectivity index (χ2v) is 9.24. The molecule has 0 unspecified atom stereocenters. The third kappa shape index (κ3) is 4.95. The second kappa shape index (κ2) is 8.91. The molecule has 0 aliphatic carbocycles. The summed E-state index contributed by atoms with van der Waals surface area (Å²) in [5, 5.41) is 0. The SMILES string of the molecule is COc1ccc(CS(=O)(=O)c2cc(-c3cnc(N)nc3)cc(N3CCOCC3)c2)cc1. The van der Waals surface area contributed by atoms with Gasteiger partial charge in [0.15, 0.2) is 9.84 Å². The van der Waals surface area contributed by atoms with Crippen LogP contribution in [0.15, 0.2) is 59.8 Å². The summed E-state index contributed by atoms with van der Waals surface area (Å²) in [7, 11) is -2.02. The smallest absolute Gasteiger partial charge is 0.219 e. The molecule has 162 valence electrons. The van der Waals surface area contributed by atoms with Gasteiger partial charge in [-0.1, -0.05) is 12.1 Å². The molecule has 0 saturated carbocycles. The van der Waals surface area contributed by atoms with Gasteiger partial charge in [-0.25, -0.2) is 18.4 Å². The number of sulfone groups is 1. The van der Waals surface area contributed by atoms with E-state index in [1.54, 1.807) is 55.9 Å². The second-order valence-electron chi connectivity index (χ2n) is 7.25. The average molecular weight is 441 g/mol. The number of hydrogen-bond donors (Lipinski definition) is 1. The van der Waals surface area contributed by atoms with E-state index in [2.05, 4.69) is 14.9 Å². The Bertz CT molecular complexity index is 1140.